The highest BCUT2D eigenvalue weighted by Crippen LogP contribution is 2.32. The maximum atomic E-state index is 11.1. The zero-order valence-electron chi connectivity index (χ0n) is 11.5. The minimum absolute atomic E-state index is 0.0199. The van der Waals surface area contributed by atoms with Crippen LogP contribution in [0.3, 0.4) is 0 Å². The summed E-state index contributed by atoms with van der Waals surface area (Å²) in [7, 11) is 0. The molecule has 3 rings (SSSR count). The van der Waals surface area contributed by atoms with Crippen molar-refractivity contribution in [2.75, 3.05) is 18.5 Å². The summed E-state index contributed by atoms with van der Waals surface area (Å²) >= 11 is 3.23. The van der Waals surface area contributed by atoms with Crippen molar-refractivity contribution in [3.05, 3.63) is 57.1 Å². The number of nitrogens with zero attached hydrogens (tertiary/aromatic N) is 1. The van der Waals surface area contributed by atoms with Gasteiger partial charge in [0, 0.05) is 10.5 Å². The first-order valence-electron chi connectivity index (χ1n) is 6.70. The lowest BCUT2D eigenvalue weighted by Crippen LogP contribution is -2.35. The van der Waals surface area contributed by atoms with E-state index in [2.05, 4.69) is 21.2 Å². The van der Waals surface area contributed by atoms with Crippen molar-refractivity contribution in [1.29, 1.82) is 0 Å². The maximum absolute atomic E-state index is 11.1. The van der Waals surface area contributed by atoms with Gasteiger partial charge in [0.15, 0.2) is 11.5 Å². The first-order chi connectivity index (χ1) is 10.6. The first-order valence-corrected chi connectivity index (χ1v) is 7.49. The minimum Gasteiger partial charge on any atom is -0.486 e. The van der Waals surface area contributed by atoms with Gasteiger partial charge in [-0.3, -0.25) is 10.1 Å². The average Bonchev–Trinajstić information content (AvgIpc) is 2.53. The predicted molar refractivity (Wildman–Crippen MR) is 85.6 cm³/mol. The molecule has 0 saturated carbocycles. The number of hydrogen-bond acceptors (Lipinski definition) is 5. The first kappa shape index (κ1) is 14.6. The smallest absolute Gasteiger partial charge is 0.293 e. The van der Waals surface area contributed by atoms with Crippen LogP contribution in [0.15, 0.2) is 46.9 Å². The Morgan fingerprint density at radius 1 is 1.27 bits per heavy atom. The zero-order chi connectivity index (χ0) is 15.5. The summed E-state index contributed by atoms with van der Waals surface area (Å²) in [5, 5.41) is 14.1. The van der Waals surface area contributed by atoms with Gasteiger partial charge in [-0.15, -0.1) is 0 Å². The number of nitro groups is 1. The molecule has 0 aliphatic carbocycles. The van der Waals surface area contributed by atoms with Crippen LogP contribution in [0.4, 0.5) is 11.4 Å². The van der Waals surface area contributed by atoms with Crippen molar-refractivity contribution in [2.45, 2.75) is 6.10 Å². The van der Waals surface area contributed by atoms with Crippen LogP contribution >= 0.6 is 15.9 Å². The molecule has 1 N–H and O–H groups in total. The second kappa shape index (κ2) is 6.23. The van der Waals surface area contributed by atoms with E-state index >= 15 is 0 Å². The van der Waals surface area contributed by atoms with E-state index in [0.717, 1.165) is 0 Å². The molecule has 1 aliphatic rings. The van der Waals surface area contributed by atoms with E-state index in [-0.39, 0.29) is 11.8 Å². The molecule has 0 aromatic heterocycles. The molecule has 0 fully saturated rings. The van der Waals surface area contributed by atoms with Gasteiger partial charge in [0.25, 0.3) is 5.69 Å². The normalized spacial score (nSPS) is 16.1. The predicted octanol–water partition coefficient (Wildman–Crippen LogP) is 3.61. The topological polar surface area (TPSA) is 73.6 Å². The number of nitrogens with one attached hydrogen (secondary N) is 1. The molecule has 1 atom stereocenters. The van der Waals surface area contributed by atoms with Gasteiger partial charge in [-0.05, 0) is 24.3 Å². The van der Waals surface area contributed by atoms with Gasteiger partial charge >= 0.3 is 0 Å². The van der Waals surface area contributed by atoms with E-state index in [4.69, 9.17) is 9.47 Å². The maximum Gasteiger partial charge on any atom is 0.293 e. The molecule has 0 saturated heterocycles. The molecule has 2 aromatic carbocycles. The van der Waals surface area contributed by atoms with E-state index in [0.29, 0.717) is 34.8 Å². The van der Waals surface area contributed by atoms with Crippen LogP contribution in [0, 0.1) is 10.1 Å². The van der Waals surface area contributed by atoms with Crippen LogP contribution in [0.2, 0.25) is 0 Å². The zero-order valence-corrected chi connectivity index (χ0v) is 13.1. The SMILES string of the molecule is O=[N+]([O-])c1cc(Br)ccc1NCC1COc2ccccc2O1. The Bertz CT molecular complexity index is 708. The summed E-state index contributed by atoms with van der Waals surface area (Å²) in [5.74, 6) is 1.40. The number of ether oxygens (including phenoxy) is 2. The van der Waals surface area contributed by atoms with Crippen LogP contribution in [0.1, 0.15) is 0 Å². The molecule has 0 radical (unpaired) electrons. The Balaban J connectivity index is 1.68. The molecule has 2 aromatic rings. The van der Waals surface area contributed by atoms with Gasteiger partial charge < -0.3 is 14.8 Å². The van der Waals surface area contributed by atoms with Crippen molar-refractivity contribution in [3.8, 4) is 11.5 Å². The molecule has 1 aliphatic heterocycles. The summed E-state index contributed by atoms with van der Waals surface area (Å²) in [6.07, 6.45) is -0.210. The third-order valence-electron chi connectivity index (χ3n) is 3.24. The van der Waals surface area contributed by atoms with Gasteiger partial charge in [0.05, 0.1) is 11.5 Å². The van der Waals surface area contributed by atoms with Gasteiger partial charge in [-0.25, -0.2) is 0 Å². The van der Waals surface area contributed by atoms with Crippen LogP contribution in [-0.2, 0) is 0 Å². The lowest BCUT2D eigenvalue weighted by molar-refractivity contribution is -0.384. The molecule has 0 amide bonds. The fraction of sp³-hybridized carbons (Fsp3) is 0.200. The highest BCUT2D eigenvalue weighted by atomic mass is 79.9. The van der Waals surface area contributed by atoms with Crippen molar-refractivity contribution in [3.63, 3.8) is 0 Å². The third-order valence-corrected chi connectivity index (χ3v) is 3.74. The number of nitro benzene ring substituents is 1. The van der Waals surface area contributed by atoms with Crippen LogP contribution in [-0.4, -0.2) is 24.2 Å². The van der Waals surface area contributed by atoms with Crippen LogP contribution in [0.5, 0.6) is 11.5 Å². The fourth-order valence-electron chi connectivity index (χ4n) is 2.19. The average molecular weight is 365 g/mol. The molecular weight excluding hydrogens is 352 g/mol. The summed E-state index contributed by atoms with van der Waals surface area (Å²) < 4.78 is 12.1. The van der Waals surface area contributed by atoms with E-state index < -0.39 is 4.92 Å². The van der Waals surface area contributed by atoms with Gasteiger partial charge in [-0.2, -0.15) is 0 Å². The number of hydrogen-bond donors (Lipinski definition) is 1. The molecule has 114 valence electrons. The highest BCUT2D eigenvalue weighted by Gasteiger charge is 2.22. The Morgan fingerprint density at radius 3 is 2.82 bits per heavy atom. The summed E-state index contributed by atoms with van der Waals surface area (Å²) in [4.78, 5) is 10.7. The number of rotatable bonds is 4. The third kappa shape index (κ3) is 3.14. The second-order valence-electron chi connectivity index (χ2n) is 4.80. The highest BCUT2D eigenvalue weighted by molar-refractivity contribution is 9.10. The van der Waals surface area contributed by atoms with Crippen molar-refractivity contribution in [2.24, 2.45) is 0 Å². The van der Waals surface area contributed by atoms with E-state index in [1.54, 1.807) is 12.1 Å². The number of halogens is 1. The lowest BCUT2D eigenvalue weighted by Gasteiger charge is -2.26. The molecule has 0 spiro atoms. The van der Waals surface area contributed by atoms with Gasteiger partial charge in [0.2, 0.25) is 0 Å². The molecule has 0 bridgehead atoms. The minimum atomic E-state index is -0.416. The number of anilines is 1. The molecule has 6 nitrogen and oxygen atoms in total. The van der Waals surface area contributed by atoms with Crippen LogP contribution in [0.25, 0.3) is 0 Å². The number of benzene rings is 2. The van der Waals surface area contributed by atoms with Crippen molar-refractivity contribution < 1.29 is 14.4 Å². The molecule has 1 heterocycles. The molecule has 22 heavy (non-hydrogen) atoms. The quantitative estimate of drug-likeness (QED) is 0.662. The summed E-state index contributed by atoms with van der Waals surface area (Å²) in [6, 6.07) is 12.3. The van der Waals surface area contributed by atoms with Gasteiger partial charge in [-0.1, -0.05) is 28.1 Å². The van der Waals surface area contributed by atoms with Crippen LogP contribution < -0.4 is 14.8 Å². The van der Waals surface area contributed by atoms with E-state index in [9.17, 15) is 10.1 Å². The summed E-state index contributed by atoms with van der Waals surface area (Å²) in [6.45, 7) is 0.811. The molecule has 7 heteroatoms. The van der Waals surface area contributed by atoms with Crippen molar-refractivity contribution in [1.82, 2.24) is 0 Å². The standard InChI is InChI=1S/C15H13BrN2O4/c16-10-5-6-12(13(7-10)18(19)20)17-8-11-9-21-14-3-1-2-4-15(14)22-11/h1-7,11,17H,8-9H2. The van der Waals surface area contributed by atoms with E-state index in [1.165, 1.54) is 6.07 Å². The van der Waals surface area contributed by atoms with E-state index in [1.807, 2.05) is 24.3 Å². The monoisotopic (exact) mass is 364 g/mol. The lowest BCUT2D eigenvalue weighted by atomic mass is 10.2. The fourth-order valence-corrected chi connectivity index (χ4v) is 2.54. The Kier molecular flexibility index (Phi) is 4.15. The Hall–Kier alpha value is -2.28. The molecular formula is C15H13BrN2O4. The number of para-hydroxylation sites is 2. The summed E-state index contributed by atoms with van der Waals surface area (Å²) in [5.41, 5.74) is 0.474. The Morgan fingerprint density at radius 2 is 2.05 bits per heavy atom. The van der Waals surface area contributed by atoms with Crippen molar-refractivity contribution >= 4 is 27.3 Å². The largest absolute Gasteiger partial charge is 0.486 e. The molecule has 1 unspecified atom stereocenters. The number of fused-ring (bicyclic) bond motifs is 1. The second-order valence-corrected chi connectivity index (χ2v) is 5.71. The Labute approximate surface area is 135 Å². The van der Waals surface area contributed by atoms with Gasteiger partial charge in [0.1, 0.15) is 18.4 Å².